The first-order valence-electron chi connectivity index (χ1n) is 12.3. The van der Waals surface area contributed by atoms with Crippen molar-refractivity contribution in [1.82, 2.24) is 24.1 Å². The van der Waals surface area contributed by atoms with Crippen LogP contribution >= 0.6 is 0 Å². The van der Waals surface area contributed by atoms with Gasteiger partial charge in [-0.25, -0.2) is 0 Å². The summed E-state index contributed by atoms with van der Waals surface area (Å²) >= 11 is 0. The van der Waals surface area contributed by atoms with Gasteiger partial charge in [-0.3, -0.25) is 14.4 Å². The van der Waals surface area contributed by atoms with Gasteiger partial charge >= 0.3 is 5.97 Å². The van der Waals surface area contributed by atoms with Gasteiger partial charge in [0.2, 0.25) is 11.8 Å². The van der Waals surface area contributed by atoms with Crippen LogP contribution in [-0.4, -0.2) is 116 Å². The van der Waals surface area contributed by atoms with E-state index in [9.17, 15) is 22.8 Å². The molecule has 0 radical (unpaired) electrons. The van der Waals surface area contributed by atoms with Crippen LogP contribution in [-0.2, 0) is 29.3 Å². The standard InChI is InChI=1S/C21H37N7O7S/c22-24-15-26-6-1-2-16(14-26)13-23-19(29)12-18(25-36(33,34)27-8-10-35-11-9-27)21(32)28(17-3-4-17)7-5-20(30)31/h15-18,25H,1-14,22H2,(H,23,29)(H,30,31)/t16-,18-/m0/s1. The van der Waals surface area contributed by atoms with Crippen LogP contribution in [0.5, 0.6) is 0 Å². The number of hydrazone groups is 1. The minimum absolute atomic E-state index is 0.0448. The summed E-state index contributed by atoms with van der Waals surface area (Å²) < 4.78 is 34.8. The predicted molar refractivity (Wildman–Crippen MR) is 130 cm³/mol. The highest BCUT2D eigenvalue weighted by Crippen LogP contribution is 2.28. The maximum atomic E-state index is 13.4. The molecule has 0 aromatic heterocycles. The number of hydrogen-bond donors (Lipinski definition) is 4. The van der Waals surface area contributed by atoms with E-state index in [1.54, 1.807) is 6.34 Å². The monoisotopic (exact) mass is 531 g/mol. The maximum absolute atomic E-state index is 13.4. The van der Waals surface area contributed by atoms with Crippen LogP contribution in [0.1, 0.15) is 38.5 Å². The normalized spacial score (nSPS) is 22.3. The van der Waals surface area contributed by atoms with Crippen LogP contribution < -0.4 is 15.9 Å². The van der Waals surface area contributed by atoms with Gasteiger partial charge in [0.25, 0.3) is 10.2 Å². The molecule has 2 heterocycles. The zero-order valence-corrected chi connectivity index (χ0v) is 21.2. The summed E-state index contributed by atoms with van der Waals surface area (Å²) in [7, 11) is -4.07. The molecule has 5 N–H and O–H groups in total. The summed E-state index contributed by atoms with van der Waals surface area (Å²) in [5.74, 6) is 3.28. The van der Waals surface area contributed by atoms with Gasteiger partial charge in [-0.2, -0.15) is 22.5 Å². The molecule has 204 valence electrons. The Labute approximate surface area is 211 Å². The quantitative estimate of drug-likeness (QED) is 0.0912. The van der Waals surface area contributed by atoms with Crippen molar-refractivity contribution in [3.8, 4) is 0 Å². The molecule has 2 atom stereocenters. The number of likely N-dealkylation sites (tertiary alicyclic amines) is 1. The molecule has 0 aromatic carbocycles. The van der Waals surface area contributed by atoms with Crippen molar-refractivity contribution < 1.29 is 32.6 Å². The lowest BCUT2D eigenvalue weighted by molar-refractivity contribution is -0.140. The molecule has 0 unspecified atom stereocenters. The van der Waals surface area contributed by atoms with E-state index in [4.69, 9.17) is 15.7 Å². The molecule has 3 rings (SSSR count). The number of carbonyl (C=O) groups is 3. The van der Waals surface area contributed by atoms with E-state index >= 15 is 0 Å². The number of morpholine rings is 1. The van der Waals surface area contributed by atoms with E-state index in [-0.39, 0.29) is 57.6 Å². The molecule has 14 nitrogen and oxygen atoms in total. The van der Waals surface area contributed by atoms with E-state index in [1.165, 1.54) is 9.21 Å². The number of piperidine rings is 1. The molecule has 2 saturated heterocycles. The Morgan fingerprint density at radius 2 is 1.92 bits per heavy atom. The minimum Gasteiger partial charge on any atom is -0.481 e. The van der Waals surface area contributed by atoms with Crippen molar-refractivity contribution in [3.63, 3.8) is 0 Å². The van der Waals surface area contributed by atoms with E-state index in [0.29, 0.717) is 25.9 Å². The molecule has 2 aliphatic heterocycles. The number of rotatable bonds is 13. The third-order valence-electron chi connectivity index (χ3n) is 6.49. The number of carbonyl (C=O) groups excluding carboxylic acids is 2. The third-order valence-corrected chi connectivity index (χ3v) is 8.12. The highest BCUT2D eigenvalue weighted by atomic mass is 32.2. The van der Waals surface area contributed by atoms with Crippen molar-refractivity contribution in [1.29, 1.82) is 0 Å². The maximum Gasteiger partial charge on any atom is 0.305 e. The Hall–Kier alpha value is -2.49. The number of amides is 2. The lowest BCUT2D eigenvalue weighted by Gasteiger charge is -2.32. The van der Waals surface area contributed by atoms with Crippen LogP contribution in [0.4, 0.5) is 0 Å². The molecule has 3 aliphatic rings. The van der Waals surface area contributed by atoms with Gasteiger partial charge in [0.1, 0.15) is 12.4 Å². The third kappa shape index (κ3) is 8.57. The fourth-order valence-electron chi connectivity index (χ4n) is 4.47. The lowest BCUT2D eigenvalue weighted by atomic mass is 9.98. The average molecular weight is 532 g/mol. The van der Waals surface area contributed by atoms with Gasteiger partial charge in [0, 0.05) is 45.3 Å². The first kappa shape index (κ1) is 28.1. The van der Waals surface area contributed by atoms with Gasteiger partial charge in [0.15, 0.2) is 0 Å². The summed E-state index contributed by atoms with van der Waals surface area (Å²) in [5, 5.41) is 15.4. The topological polar surface area (TPSA) is 187 Å². The van der Waals surface area contributed by atoms with Crippen molar-refractivity contribution in [3.05, 3.63) is 0 Å². The summed E-state index contributed by atoms with van der Waals surface area (Å²) in [6, 6.07) is -1.49. The summed E-state index contributed by atoms with van der Waals surface area (Å²) in [5.41, 5.74) is 0. The van der Waals surface area contributed by atoms with E-state index in [0.717, 1.165) is 19.4 Å². The van der Waals surface area contributed by atoms with E-state index < -0.39 is 34.0 Å². The van der Waals surface area contributed by atoms with Gasteiger partial charge < -0.3 is 30.8 Å². The second-order valence-corrected chi connectivity index (χ2v) is 11.1. The second-order valence-electron chi connectivity index (χ2n) is 9.37. The van der Waals surface area contributed by atoms with Crippen LogP contribution in [0.25, 0.3) is 0 Å². The Kier molecular flexibility index (Phi) is 10.3. The van der Waals surface area contributed by atoms with Gasteiger partial charge in [-0.05, 0) is 31.6 Å². The van der Waals surface area contributed by atoms with Crippen LogP contribution in [0.15, 0.2) is 5.10 Å². The number of carboxylic acids is 1. The molecule has 1 saturated carbocycles. The van der Waals surface area contributed by atoms with Crippen molar-refractivity contribution in [2.45, 2.75) is 50.6 Å². The number of nitrogens with zero attached hydrogens (tertiary/aromatic N) is 4. The molecule has 1 aliphatic carbocycles. The fraction of sp³-hybridized carbons (Fsp3) is 0.810. The zero-order valence-electron chi connectivity index (χ0n) is 20.4. The van der Waals surface area contributed by atoms with Crippen LogP contribution in [0.3, 0.4) is 0 Å². The molecular formula is C21H37N7O7S. The molecule has 3 fully saturated rings. The second kappa shape index (κ2) is 13.2. The van der Waals surface area contributed by atoms with Gasteiger partial charge in [-0.1, -0.05) is 0 Å². The molecule has 0 bridgehead atoms. The Morgan fingerprint density at radius 3 is 2.56 bits per heavy atom. The summed E-state index contributed by atoms with van der Waals surface area (Å²) in [6.07, 6.45) is 4.17. The predicted octanol–water partition coefficient (Wildman–Crippen LogP) is -1.89. The summed E-state index contributed by atoms with van der Waals surface area (Å²) in [4.78, 5) is 40.7. The highest BCUT2D eigenvalue weighted by Gasteiger charge is 2.39. The molecule has 36 heavy (non-hydrogen) atoms. The Morgan fingerprint density at radius 1 is 1.19 bits per heavy atom. The molecule has 0 spiro atoms. The first-order valence-corrected chi connectivity index (χ1v) is 13.7. The van der Waals surface area contributed by atoms with Crippen LogP contribution in [0, 0.1) is 5.92 Å². The Bertz CT molecular complexity index is 906. The van der Waals surface area contributed by atoms with Crippen LogP contribution in [0.2, 0.25) is 0 Å². The van der Waals surface area contributed by atoms with Crippen molar-refractivity contribution in [2.24, 2.45) is 16.9 Å². The zero-order chi connectivity index (χ0) is 26.1. The number of nitrogens with one attached hydrogen (secondary N) is 2. The largest absolute Gasteiger partial charge is 0.481 e. The Balaban J connectivity index is 1.66. The smallest absolute Gasteiger partial charge is 0.305 e. The van der Waals surface area contributed by atoms with Crippen molar-refractivity contribution in [2.75, 3.05) is 52.5 Å². The van der Waals surface area contributed by atoms with Crippen molar-refractivity contribution >= 4 is 34.3 Å². The summed E-state index contributed by atoms with van der Waals surface area (Å²) in [6.45, 7) is 2.58. The number of carboxylic acid groups (broad SMARTS) is 1. The SMILES string of the molecule is NN=CN1CCC[C@@H](CNC(=O)C[C@H](NS(=O)(=O)N2CCOCC2)C(=O)N(CCC(=O)O)C2CC2)C1. The number of hydrogen-bond acceptors (Lipinski definition) is 8. The molecule has 15 heteroatoms. The molecule has 2 amide bonds. The minimum atomic E-state index is -4.07. The average Bonchev–Trinajstić information content (AvgIpc) is 3.68. The number of ether oxygens (including phenoxy) is 1. The fourth-order valence-corrected chi connectivity index (χ4v) is 5.80. The molecule has 0 aromatic rings. The van der Waals surface area contributed by atoms with Gasteiger partial charge in [0.05, 0.1) is 26.1 Å². The molecular weight excluding hydrogens is 494 g/mol. The number of aliphatic carboxylic acids is 1. The lowest BCUT2D eigenvalue weighted by Crippen LogP contribution is -2.56. The van der Waals surface area contributed by atoms with Gasteiger partial charge in [-0.15, -0.1) is 0 Å². The number of nitrogens with two attached hydrogens (primary N) is 1. The highest BCUT2D eigenvalue weighted by molar-refractivity contribution is 7.87. The van der Waals surface area contributed by atoms with E-state index in [2.05, 4.69) is 15.1 Å². The van der Waals surface area contributed by atoms with E-state index in [1.807, 2.05) is 4.90 Å². The first-order chi connectivity index (χ1) is 17.2.